The van der Waals surface area contributed by atoms with Gasteiger partial charge in [-0.2, -0.15) is 0 Å². The summed E-state index contributed by atoms with van der Waals surface area (Å²) in [5.41, 5.74) is 4.09. The number of carbonyl (C=O) groups excluding carboxylic acids is 1. The fraction of sp³-hybridized carbons (Fsp3) is 0.462. The fourth-order valence-corrected chi connectivity index (χ4v) is 5.30. The van der Waals surface area contributed by atoms with Crippen molar-refractivity contribution in [1.82, 2.24) is 14.5 Å². The van der Waals surface area contributed by atoms with Crippen LogP contribution in [0.3, 0.4) is 0 Å². The lowest BCUT2D eigenvalue weighted by atomic mass is 9.78. The van der Waals surface area contributed by atoms with Crippen LogP contribution in [0.25, 0.3) is 11.0 Å². The number of aromatic nitrogens is 2. The van der Waals surface area contributed by atoms with Crippen LogP contribution in [0.2, 0.25) is 0 Å². The van der Waals surface area contributed by atoms with Crippen molar-refractivity contribution in [3.8, 4) is 0 Å². The summed E-state index contributed by atoms with van der Waals surface area (Å²) in [5, 5.41) is 0. The van der Waals surface area contributed by atoms with E-state index >= 15 is 0 Å². The largest absolute Gasteiger partial charge is 0.377 e. The average molecular weight is 418 g/mol. The minimum Gasteiger partial charge on any atom is -0.377 e. The first-order valence-electron chi connectivity index (χ1n) is 11.6. The van der Waals surface area contributed by atoms with Crippen molar-refractivity contribution < 1.29 is 9.53 Å². The second-order valence-electron chi connectivity index (χ2n) is 9.12. The molecule has 2 aromatic heterocycles. The summed E-state index contributed by atoms with van der Waals surface area (Å²) >= 11 is 0. The highest BCUT2D eigenvalue weighted by atomic mass is 16.5. The Kier molecular flexibility index (Phi) is 5.77. The van der Waals surface area contributed by atoms with E-state index in [1.165, 1.54) is 31.2 Å². The molecule has 5 rings (SSSR count). The molecular weight excluding hydrogens is 386 g/mol. The van der Waals surface area contributed by atoms with Crippen molar-refractivity contribution in [2.75, 3.05) is 19.8 Å². The number of amides is 1. The molecule has 5 nitrogen and oxygen atoms in total. The van der Waals surface area contributed by atoms with Crippen LogP contribution in [-0.2, 0) is 11.3 Å². The maximum Gasteiger partial charge on any atom is 0.258 e. The van der Waals surface area contributed by atoms with Crippen LogP contribution >= 0.6 is 0 Å². The quantitative estimate of drug-likeness (QED) is 0.608. The van der Waals surface area contributed by atoms with E-state index in [-0.39, 0.29) is 11.9 Å². The Labute approximate surface area is 184 Å². The lowest BCUT2D eigenvalue weighted by Crippen LogP contribution is -2.47. The number of pyridine rings is 1. The van der Waals surface area contributed by atoms with E-state index in [4.69, 9.17) is 4.74 Å². The van der Waals surface area contributed by atoms with E-state index < -0.39 is 0 Å². The zero-order valence-corrected chi connectivity index (χ0v) is 18.2. The number of ether oxygens (including phenoxy) is 1. The maximum atomic E-state index is 13.3. The molecule has 5 heteroatoms. The Morgan fingerprint density at radius 1 is 1.10 bits per heavy atom. The molecule has 1 amide bonds. The molecule has 1 atom stereocenters. The first-order chi connectivity index (χ1) is 15.2. The lowest BCUT2D eigenvalue weighted by molar-refractivity contribution is 0.00368. The van der Waals surface area contributed by atoms with E-state index in [9.17, 15) is 4.79 Å². The van der Waals surface area contributed by atoms with E-state index in [0.717, 1.165) is 23.1 Å². The number of carbonyl (C=O) groups is 1. The number of rotatable bonds is 4. The molecule has 0 bridgehead atoms. The van der Waals surface area contributed by atoms with Gasteiger partial charge in [-0.25, -0.2) is 0 Å². The van der Waals surface area contributed by atoms with Gasteiger partial charge >= 0.3 is 0 Å². The van der Waals surface area contributed by atoms with Gasteiger partial charge in [-0.15, -0.1) is 0 Å². The first-order valence-corrected chi connectivity index (χ1v) is 11.6. The van der Waals surface area contributed by atoms with Gasteiger partial charge in [0.1, 0.15) is 5.52 Å². The molecule has 1 aromatic carbocycles. The van der Waals surface area contributed by atoms with Gasteiger partial charge in [-0.05, 0) is 62.1 Å². The summed E-state index contributed by atoms with van der Waals surface area (Å²) in [7, 11) is 0. The molecule has 2 aliphatic rings. The van der Waals surface area contributed by atoms with Crippen molar-refractivity contribution in [1.29, 1.82) is 0 Å². The van der Waals surface area contributed by atoms with Crippen LogP contribution in [-0.4, -0.2) is 46.2 Å². The molecule has 1 aliphatic carbocycles. The van der Waals surface area contributed by atoms with E-state index in [1.807, 2.05) is 17.2 Å². The maximum absolute atomic E-state index is 13.3. The first kappa shape index (κ1) is 20.3. The Morgan fingerprint density at radius 3 is 2.68 bits per heavy atom. The Hall–Kier alpha value is -2.66. The topological polar surface area (TPSA) is 47.4 Å². The number of benzene rings is 1. The van der Waals surface area contributed by atoms with Gasteiger partial charge in [-0.3, -0.25) is 9.78 Å². The SMILES string of the molecule is CC1COCCN1C(=O)c1cn(CC2CCC(c3ccccc3)CC2)c2cccnc12. The number of hydrogen-bond acceptors (Lipinski definition) is 3. The summed E-state index contributed by atoms with van der Waals surface area (Å²) in [6.45, 7) is 4.85. The predicted molar refractivity (Wildman–Crippen MR) is 122 cm³/mol. The predicted octanol–water partition coefficient (Wildman–Crippen LogP) is 4.87. The molecule has 1 aliphatic heterocycles. The Bertz CT molecular complexity index is 1040. The molecule has 1 saturated carbocycles. The molecule has 2 fully saturated rings. The third kappa shape index (κ3) is 4.11. The minimum atomic E-state index is 0.0750. The van der Waals surface area contributed by atoms with Crippen molar-refractivity contribution >= 4 is 16.9 Å². The molecule has 1 unspecified atom stereocenters. The molecule has 0 N–H and O–H groups in total. The van der Waals surface area contributed by atoms with Crippen molar-refractivity contribution in [3.05, 3.63) is 66.0 Å². The van der Waals surface area contributed by atoms with E-state index in [2.05, 4.69) is 52.9 Å². The van der Waals surface area contributed by atoms with E-state index in [1.54, 1.807) is 6.20 Å². The molecule has 162 valence electrons. The number of nitrogens with zero attached hydrogens (tertiary/aromatic N) is 3. The van der Waals surface area contributed by atoms with Crippen LogP contribution in [0.4, 0.5) is 0 Å². The average Bonchev–Trinajstić information content (AvgIpc) is 3.18. The van der Waals surface area contributed by atoms with Crippen LogP contribution in [0.5, 0.6) is 0 Å². The third-order valence-corrected chi connectivity index (χ3v) is 7.07. The third-order valence-electron chi connectivity index (χ3n) is 7.07. The molecule has 31 heavy (non-hydrogen) atoms. The second-order valence-corrected chi connectivity index (χ2v) is 9.12. The number of hydrogen-bond donors (Lipinski definition) is 0. The fourth-order valence-electron chi connectivity index (χ4n) is 5.30. The second kappa shape index (κ2) is 8.83. The van der Waals surface area contributed by atoms with E-state index in [0.29, 0.717) is 31.6 Å². The molecule has 3 heterocycles. The van der Waals surface area contributed by atoms with Gasteiger partial charge in [0, 0.05) is 25.5 Å². The van der Waals surface area contributed by atoms with Gasteiger partial charge in [0.05, 0.1) is 30.3 Å². The Morgan fingerprint density at radius 2 is 1.90 bits per heavy atom. The smallest absolute Gasteiger partial charge is 0.258 e. The van der Waals surface area contributed by atoms with Crippen LogP contribution in [0.1, 0.15) is 54.4 Å². The molecule has 0 radical (unpaired) electrons. The number of fused-ring (bicyclic) bond motifs is 1. The summed E-state index contributed by atoms with van der Waals surface area (Å²) < 4.78 is 7.79. The standard InChI is InChI=1S/C26H31N3O2/c1-19-18-31-15-14-29(19)26(30)23-17-28(24-8-5-13-27-25(23)24)16-20-9-11-22(12-10-20)21-6-3-2-4-7-21/h2-8,13,17,19-20,22H,9-12,14-16,18H2,1H3. The van der Waals surface area contributed by atoms with Gasteiger partial charge in [0.15, 0.2) is 0 Å². The lowest BCUT2D eigenvalue weighted by Gasteiger charge is -2.33. The summed E-state index contributed by atoms with van der Waals surface area (Å²) in [4.78, 5) is 19.9. The highest BCUT2D eigenvalue weighted by molar-refractivity contribution is 6.05. The van der Waals surface area contributed by atoms with Crippen molar-refractivity contribution in [2.24, 2.45) is 5.92 Å². The van der Waals surface area contributed by atoms with Crippen molar-refractivity contribution in [2.45, 2.75) is 51.1 Å². The van der Waals surface area contributed by atoms with Crippen molar-refractivity contribution in [3.63, 3.8) is 0 Å². The molecule has 3 aromatic rings. The van der Waals surface area contributed by atoms with Crippen LogP contribution < -0.4 is 0 Å². The highest BCUT2D eigenvalue weighted by Gasteiger charge is 2.29. The van der Waals surface area contributed by atoms with Gasteiger partial charge in [0.2, 0.25) is 0 Å². The monoisotopic (exact) mass is 417 g/mol. The zero-order chi connectivity index (χ0) is 21.2. The normalized spacial score (nSPS) is 24.4. The molecule has 0 spiro atoms. The highest BCUT2D eigenvalue weighted by Crippen LogP contribution is 2.37. The molecule has 1 saturated heterocycles. The number of morpholine rings is 1. The van der Waals surface area contributed by atoms with Gasteiger partial charge < -0.3 is 14.2 Å². The zero-order valence-electron chi connectivity index (χ0n) is 18.2. The molecular formula is C26H31N3O2. The summed E-state index contributed by atoms with van der Waals surface area (Å²) in [6.07, 6.45) is 8.77. The van der Waals surface area contributed by atoms with Crippen LogP contribution in [0, 0.1) is 5.92 Å². The summed E-state index contributed by atoms with van der Waals surface area (Å²) in [5.74, 6) is 1.40. The van der Waals surface area contributed by atoms with Gasteiger partial charge in [-0.1, -0.05) is 30.3 Å². The van der Waals surface area contributed by atoms with Gasteiger partial charge in [0.25, 0.3) is 5.91 Å². The Balaban J connectivity index is 1.33. The summed E-state index contributed by atoms with van der Waals surface area (Å²) in [6, 6.07) is 15.1. The van der Waals surface area contributed by atoms with Crippen LogP contribution in [0.15, 0.2) is 54.9 Å². The minimum absolute atomic E-state index is 0.0750.